The topological polar surface area (TPSA) is 71.2 Å². The number of aromatic nitrogens is 3. The van der Waals surface area contributed by atoms with E-state index in [1.165, 1.54) is 0 Å². The van der Waals surface area contributed by atoms with Gasteiger partial charge in [0.2, 0.25) is 0 Å². The molecule has 3 aromatic rings. The number of β-amino-alcohol motifs (C(OH)–C–C–N with tert-alkyl or cyclic N) is 1. The van der Waals surface area contributed by atoms with E-state index in [2.05, 4.69) is 23.8 Å². The maximum Gasteiger partial charge on any atom is 0.255 e. The summed E-state index contributed by atoms with van der Waals surface area (Å²) in [5, 5.41) is 10.4. The molecular weight excluding hydrogens is 328 g/mol. The SMILES string of the molecule is CC(C)Cn1cnc2cc(C(=O)N3Cc4ccccc4C(O)C3)cnc21. The molecule has 0 fully saturated rings. The van der Waals surface area contributed by atoms with E-state index >= 15 is 0 Å². The van der Waals surface area contributed by atoms with Crippen molar-refractivity contribution in [2.45, 2.75) is 33.0 Å². The minimum atomic E-state index is -0.661. The van der Waals surface area contributed by atoms with Gasteiger partial charge in [-0.25, -0.2) is 9.97 Å². The second kappa shape index (κ2) is 6.53. The van der Waals surface area contributed by atoms with Crippen LogP contribution in [0.2, 0.25) is 0 Å². The molecule has 1 N–H and O–H groups in total. The van der Waals surface area contributed by atoms with Crippen LogP contribution >= 0.6 is 0 Å². The molecule has 0 saturated heterocycles. The molecule has 3 heterocycles. The van der Waals surface area contributed by atoms with Crippen LogP contribution in [0.5, 0.6) is 0 Å². The third kappa shape index (κ3) is 2.97. The molecule has 0 spiro atoms. The molecule has 1 aliphatic heterocycles. The molecule has 0 radical (unpaired) electrons. The Morgan fingerprint density at radius 1 is 1.31 bits per heavy atom. The lowest BCUT2D eigenvalue weighted by molar-refractivity contribution is 0.0550. The van der Waals surface area contributed by atoms with Crippen LogP contribution in [0.3, 0.4) is 0 Å². The number of amides is 1. The number of aliphatic hydroxyl groups is 1. The Hall–Kier alpha value is -2.73. The maximum atomic E-state index is 12.9. The Labute approximate surface area is 152 Å². The number of carbonyl (C=O) groups is 1. The maximum absolute atomic E-state index is 12.9. The monoisotopic (exact) mass is 350 g/mol. The molecule has 0 aliphatic carbocycles. The summed E-state index contributed by atoms with van der Waals surface area (Å²) < 4.78 is 2.01. The van der Waals surface area contributed by atoms with Gasteiger partial charge in [0.1, 0.15) is 5.52 Å². The van der Waals surface area contributed by atoms with E-state index in [0.29, 0.717) is 18.0 Å². The molecular formula is C20H22N4O2. The second-order valence-electron chi connectivity index (χ2n) is 7.26. The smallest absolute Gasteiger partial charge is 0.255 e. The van der Waals surface area contributed by atoms with Gasteiger partial charge < -0.3 is 14.6 Å². The van der Waals surface area contributed by atoms with Crippen LogP contribution in [0.4, 0.5) is 0 Å². The van der Waals surface area contributed by atoms with E-state index in [1.54, 1.807) is 23.5 Å². The lowest BCUT2D eigenvalue weighted by Crippen LogP contribution is -2.38. The molecule has 0 bridgehead atoms. The zero-order chi connectivity index (χ0) is 18.3. The van der Waals surface area contributed by atoms with Crippen molar-refractivity contribution < 1.29 is 9.90 Å². The molecule has 1 aliphatic rings. The molecule has 1 unspecified atom stereocenters. The summed E-state index contributed by atoms with van der Waals surface area (Å²) in [5.74, 6) is 0.358. The van der Waals surface area contributed by atoms with Crippen LogP contribution in [0.25, 0.3) is 11.2 Å². The van der Waals surface area contributed by atoms with Gasteiger partial charge in [0, 0.05) is 19.3 Å². The third-order valence-corrected chi connectivity index (χ3v) is 4.72. The zero-order valence-corrected chi connectivity index (χ0v) is 15.0. The average molecular weight is 350 g/mol. The predicted molar refractivity (Wildman–Crippen MR) is 98.5 cm³/mol. The fraction of sp³-hybridized carbons (Fsp3) is 0.350. The highest BCUT2D eigenvalue weighted by molar-refractivity contribution is 5.96. The van der Waals surface area contributed by atoms with Gasteiger partial charge >= 0.3 is 0 Å². The van der Waals surface area contributed by atoms with Crippen molar-refractivity contribution in [3.8, 4) is 0 Å². The Balaban J connectivity index is 1.61. The highest BCUT2D eigenvalue weighted by atomic mass is 16.3. The van der Waals surface area contributed by atoms with Gasteiger partial charge in [-0.15, -0.1) is 0 Å². The van der Waals surface area contributed by atoms with Gasteiger partial charge in [-0.2, -0.15) is 0 Å². The van der Waals surface area contributed by atoms with E-state index in [0.717, 1.165) is 28.8 Å². The first-order valence-corrected chi connectivity index (χ1v) is 8.89. The van der Waals surface area contributed by atoms with Gasteiger partial charge in [-0.05, 0) is 23.1 Å². The first-order valence-electron chi connectivity index (χ1n) is 8.89. The number of nitrogens with zero attached hydrogens (tertiary/aromatic N) is 4. The minimum Gasteiger partial charge on any atom is -0.387 e. The number of hydrogen-bond acceptors (Lipinski definition) is 4. The fourth-order valence-corrected chi connectivity index (χ4v) is 3.51. The van der Waals surface area contributed by atoms with Gasteiger partial charge in [0.15, 0.2) is 5.65 Å². The van der Waals surface area contributed by atoms with Crippen LogP contribution in [0, 0.1) is 5.92 Å². The quantitative estimate of drug-likeness (QED) is 0.788. The first-order chi connectivity index (χ1) is 12.5. The summed E-state index contributed by atoms with van der Waals surface area (Å²) >= 11 is 0. The highest BCUT2D eigenvalue weighted by Gasteiger charge is 2.27. The van der Waals surface area contributed by atoms with Gasteiger partial charge in [0.05, 0.1) is 24.5 Å². The molecule has 1 atom stereocenters. The van der Waals surface area contributed by atoms with E-state index in [-0.39, 0.29) is 12.5 Å². The summed E-state index contributed by atoms with van der Waals surface area (Å²) in [4.78, 5) is 23.4. The Kier molecular flexibility index (Phi) is 4.20. The largest absolute Gasteiger partial charge is 0.387 e. The minimum absolute atomic E-state index is 0.133. The summed E-state index contributed by atoms with van der Waals surface area (Å²) in [5.41, 5.74) is 3.89. The van der Waals surface area contributed by atoms with Crippen LogP contribution in [-0.4, -0.2) is 37.0 Å². The summed E-state index contributed by atoms with van der Waals surface area (Å²) in [6, 6.07) is 9.48. The normalized spacial score (nSPS) is 16.9. The first kappa shape index (κ1) is 16.7. The number of fused-ring (bicyclic) bond motifs is 2. The Morgan fingerprint density at radius 3 is 2.92 bits per heavy atom. The predicted octanol–water partition coefficient (Wildman–Crippen LogP) is 2.78. The van der Waals surface area contributed by atoms with Crippen molar-refractivity contribution >= 4 is 17.1 Å². The number of imidazole rings is 1. The standard InChI is InChI=1S/C20H22N4O2/c1-13(2)9-24-12-22-17-7-15(8-21-19(17)24)20(26)23-10-14-5-3-4-6-16(14)18(25)11-23/h3-8,12-13,18,25H,9-11H2,1-2H3. The van der Waals surface area contributed by atoms with Crippen LogP contribution in [0.1, 0.15) is 41.4 Å². The summed E-state index contributed by atoms with van der Waals surface area (Å²) in [6.07, 6.45) is 2.72. The highest BCUT2D eigenvalue weighted by Crippen LogP contribution is 2.27. The van der Waals surface area contributed by atoms with Crippen LogP contribution in [0.15, 0.2) is 42.9 Å². The van der Waals surface area contributed by atoms with Crippen LogP contribution in [-0.2, 0) is 13.1 Å². The lowest BCUT2D eigenvalue weighted by Gasteiger charge is -2.32. The van der Waals surface area contributed by atoms with Gasteiger partial charge in [0.25, 0.3) is 5.91 Å². The van der Waals surface area contributed by atoms with Crippen molar-refractivity contribution in [3.05, 3.63) is 59.5 Å². The summed E-state index contributed by atoms with van der Waals surface area (Å²) in [7, 11) is 0. The lowest BCUT2D eigenvalue weighted by atomic mass is 9.97. The molecule has 6 heteroatoms. The number of hydrogen-bond donors (Lipinski definition) is 1. The van der Waals surface area contributed by atoms with E-state index in [1.807, 2.05) is 28.8 Å². The number of aliphatic hydroxyl groups excluding tert-OH is 1. The second-order valence-corrected chi connectivity index (χ2v) is 7.26. The number of pyridine rings is 1. The van der Waals surface area contributed by atoms with Crippen molar-refractivity contribution in [2.75, 3.05) is 6.54 Å². The Morgan fingerprint density at radius 2 is 2.12 bits per heavy atom. The molecule has 1 aromatic carbocycles. The van der Waals surface area contributed by atoms with E-state index in [9.17, 15) is 9.90 Å². The van der Waals surface area contributed by atoms with Crippen molar-refractivity contribution in [1.82, 2.24) is 19.4 Å². The molecule has 0 saturated carbocycles. The molecule has 134 valence electrons. The number of benzene rings is 1. The van der Waals surface area contributed by atoms with Gasteiger partial charge in [-0.3, -0.25) is 4.79 Å². The number of carbonyl (C=O) groups excluding carboxylic acids is 1. The third-order valence-electron chi connectivity index (χ3n) is 4.72. The van der Waals surface area contributed by atoms with Crippen molar-refractivity contribution in [2.24, 2.45) is 5.92 Å². The van der Waals surface area contributed by atoms with Gasteiger partial charge in [-0.1, -0.05) is 38.1 Å². The van der Waals surface area contributed by atoms with E-state index < -0.39 is 6.10 Å². The summed E-state index contributed by atoms with van der Waals surface area (Å²) in [6.45, 7) is 5.90. The van der Waals surface area contributed by atoms with Crippen molar-refractivity contribution in [1.29, 1.82) is 0 Å². The van der Waals surface area contributed by atoms with Crippen LogP contribution < -0.4 is 0 Å². The molecule has 2 aromatic heterocycles. The van der Waals surface area contributed by atoms with E-state index in [4.69, 9.17) is 0 Å². The Bertz CT molecular complexity index is 963. The molecule has 26 heavy (non-hydrogen) atoms. The average Bonchev–Trinajstić information content (AvgIpc) is 3.02. The molecule has 6 nitrogen and oxygen atoms in total. The van der Waals surface area contributed by atoms with Crippen molar-refractivity contribution in [3.63, 3.8) is 0 Å². The number of rotatable bonds is 3. The zero-order valence-electron chi connectivity index (χ0n) is 15.0. The molecule has 4 rings (SSSR count). The fourth-order valence-electron chi connectivity index (χ4n) is 3.51. The molecule has 1 amide bonds.